The zero-order valence-corrected chi connectivity index (χ0v) is 17.7. The highest BCUT2D eigenvalue weighted by Crippen LogP contribution is 2.05. The van der Waals surface area contributed by atoms with Crippen molar-refractivity contribution in [2.24, 2.45) is 11.7 Å². The number of aliphatic carboxylic acids is 3. The minimum atomic E-state index is -1.58. The second-order valence-corrected chi connectivity index (χ2v) is 7.34. The van der Waals surface area contributed by atoms with Crippen LogP contribution >= 0.6 is 0 Å². The Labute approximate surface area is 183 Å². The predicted octanol–water partition coefficient (Wildman–Crippen LogP) is -2.77. The van der Waals surface area contributed by atoms with Crippen molar-refractivity contribution < 1.29 is 49.2 Å². The number of nitrogens with one attached hydrogen (secondary N) is 3. The lowest BCUT2D eigenvalue weighted by molar-refractivity contribution is -0.144. The van der Waals surface area contributed by atoms with Crippen molar-refractivity contribution in [2.45, 2.75) is 63.7 Å². The van der Waals surface area contributed by atoms with Gasteiger partial charge in [0.2, 0.25) is 17.7 Å². The Balaban J connectivity index is 5.14. The number of nitrogens with two attached hydrogens (primary N) is 1. The molecule has 4 unspecified atom stereocenters. The van der Waals surface area contributed by atoms with E-state index in [4.69, 9.17) is 21.1 Å². The van der Waals surface area contributed by atoms with Gasteiger partial charge in [0.05, 0.1) is 12.6 Å². The van der Waals surface area contributed by atoms with Crippen molar-refractivity contribution >= 4 is 35.6 Å². The molecule has 0 aromatic heterocycles. The number of carboxylic acid groups (broad SMARTS) is 3. The van der Waals surface area contributed by atoms with Crippen LogP contribution in [0, 0.1) is 5.92 Å². The molecule has 0 spiro atoms. The number of hydrogen-bond acceptors (Lipinski definition) is 8. The van der Waals surface area contributed by atoms with E-state index in [0.29, 0.717) is 0 Å². The second kappa shape index (κ2) is 13.9. The van der Waals surface area contributed by atoms with E-state index >= 15 is 0 Å². The lowest BCUT2D eigenvalue weighted by atomic mass is 10.0. The monoisotopic (exact) mass is 462 g/mol. The van der Waals surface area contributed by atoms with Crippen LogP contribution in [0.5, 0.6) is 0 Å². The van der Waals surface area contributed by atoms with E-state index in [1.165, 1.54) is 0 Å². The van der Waals surface area contributed by atoms with E-state index in [0.717, 1.165) is 0 Å². The van der Waals surface area contributed by atoms with Crippen LogP contribution in [0.4, 0.5) is 0 Å². The summed E-state index contributed by atoms with van der Waals surface area (Å²) in [5.41, 5.74) is 5.61. The van der Waals surface area contributed by atoms with Crippen LogP contribution in [-0.2, 0) is 28.8 Å². The van der Waals surface area contributed by atoms with E-state index in [1.54, 1.807) is 13.8 Å². The summed E-state index contributed by atoms with van der Waals surface area (Å²) in [6, 6.07) is -5.52. The minimum absolute atomic E-state index is 0.164. The molecule has 9 N–H and O–H groups in total. The molecule has 0 fully saturated rings. The van der Waals surface area contributed by atoms with E-state index in [1.807, 2.05) is 5.32 Å². The third-order valence-corrected chi connectivity index (χ3v) is 4.33. The number of amides is 3. The highest BCUT2D eigenvalue weighted by Gasteiger charge is 2.31. The van der Waals surface area contributed by atoms with Crippen LogP contribution < -0.4 is 21.7 Å². The van der Waals surface area contributed by atoms with Crippen LogP contribution in [0.1, 0.15) is 39.5 Å². The lowest BCUT2D eigenvalue weighted by Crippen LogP contribution is -2.59. The third kappa shape index (κ3) is 10.7. The number of hydrogen-bond donors (Lipinski definition) is 8. The molecule has 0 aliphatic carbocycles. The van der Waals surface area contributed by atoms with Gasteiger partial charge in [-0.1, -0.05) is 13.8 Å². The third-order valence-electron chi connectivity index (χ3n) is 4.33. The van der Waals surface area contributed by atoms with Gasteiger partial charge < -0.3 is 42.1 Å². The van der Waals surface area contributed by atoms with Crippen LogP contribution in [0.25, 0.3) is 0 Å². The van der Waals surface area contributed by atoms with Crippen LogP contribution in [-0.4, -0.2) is 86.8 Å². The van der Waals surface area contributed by atoms with Gasteiger partial charge in [0.1, 0.15) is 18.1 Å². The molecule has 3 amide bonds. The van der Waals surface area contributed by atoms with Gasteiger partial charge in [-0.2, -0.15) is 0 Å². The lowest BCUT2D eigenvalue weighted by Gasteiger charge is -2.26. The van der Waals surface area contributed by atoms with Gasteiger partial charge in [-0.3, -0.25) is 24.0 Å². The summed E-state index contributed by atoms with van der Waals surface area (Å²) in [5, 5.41) is 42.5. The maximum absolute atomic E-state index is 12.6. The van der Waals surface area contributed by atoms with Gasteiger partial charge in [0.25, 0.3) is 0 Å². The van der Waals surface area contributed by atoms with Crippen molar-refractivity contribution in [3.8, 4) is 0 Å². The summed E-state index contributed by atoms with van der Waals surface area (Å²) in [4.78, 5) is 69.4. The maximum atomic E-state index is 12.6. The molecule has 32 heavy (non-hydrogen) atoms. The fraction of sp³-hybridized carbons (Fsp3) is 0.667. The minimum Gasteiger partial charge on any atom is -0.481 e. The van der Waals surface area contributed by atoms with Crippen LogP contribution in [0.2, 0.25) is 0 Å². The van der Waals surface area contributed by atoms with Gasteiger partial charge in [-0.05, 0) is 18.8 Å². The van der Waals surface area contributed by atoms with Crippen molar-refractivity contribution in [2.75, 3.05) is 6.61 Å². The standard InChI is InChI=1S/C18H30N4O10/c1-8(2)14(22-15(28)9(19)3-5-12(24)25)17(30)21-11(7-23)16(29)20-10(18(31)32)4-6-13(26)27/h8-11,14,23H,3-7,19H2,1-2H3,(H,20,29)(H,21,30)(H,22,28)(H,24,25)(H,26,27)(H,31,32). The van der Waals surface area contributed by atoms with E-state index in [2.05, 4.69) is 10.6 Å². The first-order valence-corrected chi connectivity index (χ1v) is 9.74. The van der Waals surface area contributed by atoms with Gasteiger partial charge in [-0.15, -0.1) is 0 Å². The molecule has 0 aromatic carbocycles. The zero-order chi connectivity index (χ0) is 25.0. The summed E-state index contributed by atoms with van der Waals surface area (Å²) in [7, 11) is 0. The number of carboxylic acids is 3. The molecule has 4 atom stereocenters. The van der Waals surface area contributed by atoms with Crippen molar-refractivity contribution in [1.82, 2.24) is 16.0 Å². The zero-order valence-electron chi connectivity index (χ0n) is 17.7. The number of rotatable bonds is 15. The summed E-state index contributed by atoms with van der Waals surface area (Å²) in [5.74, 6) is -7.12. The van der Waals surface area contributed by atoms with E-state index < -0.39 is 85.2 Å². The highest BCUT2D eigenvalue weighted by molar-refractivity contribution is 5.94. The smallest absolute Gasteiger partial charge is 0.326 e. The van der Waals surface area contributed by atoms with Crippen molar-refractivity contribution in [1.29, 1.82) is 0 Å². The fourth-order valence-corrected chi connectivity index (χ4v) is 2.46. The number of aliphatic hydroxyl groups excluding tert-OH is 1. The molecule has 0 saturated carbocycles. The van der Waals surface area contributed by atoms with E-state index in [-0.39, 0.29) is 12.8 Å². The molecule has 0 heterocycles. The molecule has 0 aliphatic heterocycles. The molecule has 0 radical (unpaired) electrons. The first-order chi connectivity index (χ1) is 14.8. The quantitative estimate of drug-likeness (QED) is 0.124. The fourth-order valence-electron chi connectivity index (χ4n) is 2.46. The largest absolute Gasteiger partial charge is 0.481 e. The average Bonchev–Trinajstić information content (AvgIpc) is 2.69. The molecular weight excluding hydrogens is 432 g/mol. The Morgan fingerprint density at radius 2 is 1.25 bits per heavy atom. The van der Waals surface area contributed by atoms with E-state index in [9.17, 15) is 33.9 Å². The Hall–Kier alpha value is -3.26. The van der Waals surface area contributed by atoms with Gasteiger partial charge in [-0.25, -0.2) is 4.79 Å². The molecule has 0 bridgehead atoms. The Morgan fingerprint density at radius 1 is 0.750 bits per heavy atom. The molecule has 0 rings (SSSR count). The molecule has 0 saturated heterocycles. The Morgan fingerprint density at radius 3 is 1.69 bits per heavy atom. The SMILES string of the molecule is CC(C)C(NC(=O)C(N)CCC(=O)O)C(=O)NC(CO)C(=O)NC(CCC(=O)O)C(=O)O. The Bertz CT molecular complexity index is 712. The molecular formula is C18H30N4O10. The van der Waals surface area contributed by atoms with Crippen LogP contribution in [0.15, 0.2) is 0 Å². The molecule has 0 aromatic rings. The summed E-state index contributed by atoms with van der Waals surface area (Å²) < 4.78 is 0. The number of aliphatic hydroxyl groups is 1. The first-order valence-electron chi connectivity index (χ1n) is 9.74. The van der Waals surface area contributed by atoms with Gasteiger partial charge in [0, 0.05) is 12.8 Å². The normalized spacial score (nSPS) is 14.5. The van der Waals surface area contributed by atoms with Crippen molar-refractivity contribution in [3.05, 3.63) is 0 Å². The molecule has 14 heteroatoms. The number of carbonyl (C=O) groups excluding carboxylic acids is 3. The summed E-state index contributed by atoms with van der Waals surface area (Å²) in [6.07, 6.45) is -1.47. The average molecular weight is 462 g/mol. The summed E-state index contributed by atoms with van der Waals surface area (Å²) >= 11 is 0. The maximum Gasteiger partial charge on any atom is 0.326 e. The van der Waals surface area contributed by atoms with Crippen molar-refractivity contribution in [3.63, 3.8) is 0 Å². The molecule has 182 valence electrons. The highest BCUT2D eigenvalue weighted by atomic mass is 16.4. The Kier molecular flexibility index (Phi) is 12.5. The second-order valence-electron chi connectivity index (χ2n) is 7.34. The van der Waals surface area contributed by atoms with Gasteiger partial charge >= 0.3 is 17.9 Å². The topological polar surface area (TPSA) is 245 Å². The number of carbonyl (C=O) groups is 6. The summed E-state index contributed by atoms with van der Waals surface area (Å²) in [6.45, 7) is 2.25. The molecule has 14 nitrogen and oxygen atoms in total. The van der Waals surface area contributed by atoms with Crippen LogP contribution in [0.3, 0.4) is 0 Å². The first kappa shape index (κ1) is 28.7. The van der Waals surface area contributed by atoms with Gasteiger partial charge in [0.15, 0.2) is 0 Å². The molecule has 0 aliphatic rings. The predicted molar refractivity (Wildman–Crippen MR) is 107 cm³/mol.